The van der Waals surface area contributed by atoms with Crippen LogP contribution in [0.4, 0.5) is 0 Å². The van der Waals surface area contributed by atoms with Gasteiger partial charge in [-0.3, -0.25) is 9.59 Å². The topological polar surface area (TPSA) is 127 Å². The number of hydrogen-bond acceptors (Lipinski definition) is 7. The summed E-state index contributed by atoms with van der Waals surface area (Å²) < 4.78 is 4.55. The van der Waals surface area contributed by atoms with Crippen molar-refractivity contribution in [1.29, 1.82) is 0 Å². The molecule has 1 aromatic rings. The third kappa shape index (κ3) is 3.60. The van der Waals surface area contributed by atoms with E-state index in [0.717, 1.165) is 11.3 Å². The van der Waals surface area contributed by atoms with E-state index < -0.39 is 29.9 Å². The van der Waals surface area contributed by atoms with Crippen molar-refractivity contribution in [2.24, 2.45) is 5.73 Å². The Balaban J connectivity index is 2.85. The van der Waals surface area contributed by atoms with Crippen LogP contribution in [-0.4, -0.2) is 40.6 Å². The van der Waals surface area contributed by atoms with Crippen LogP contribution in [0.3, 0.4) is 0 Å². The van der Waals surface area contributed by atoms with Gasteiger partial charge in [0.25, 0.3) is 5.78 Å². The maximum Gasteiger partial charge on any atom is 0.380 e. The van der Waals surface area contributed by atoms with E-state index in [-0.39, 0.29) is 16.4 Å². The number of carbonyl (C=O) groups excluding carboxylic acids is 3. The van der Waals surface area contributed by atoms with E-state index in [1.807, 2.05) is 0 Å². The molecule has 1 amide bonds. The number of Topliss-reactive ketones (excluding diaryl/α,β-unsaturated/α-hetero) is 1. The Labute approximate surface area is 112 Å². The molecular formula is C11H13NO6S. The SMILES string of the molecule is CCOC(=O)C(=O)c1ccc(C(O)C(O)C(N)=O)s1. The van der Waals surface area contributed by atoms with E-state index in [9.17, 15) is 24.6 Å². The van der Waals surface area contributed by atoms with Crippen molar-refractivity contribution in [3.05, 3.63) is 21.9 Å². The molecule has 0 aliphatic rings. The summed E-state index contributed by atoms with van der Waals surface area (Å²) in [7, 11) is 0. The lowest BCUT2D eigenvalue weighted by Gasteiger charge is -2.12. The highest BCUT2D eigenvalue weighted by atomic mass is 32.1. The van der Waals surface area contributed by atoms with E-state index >= 15 is 0 Å². The number of esters is 1. The third-order valence-electron chi connectivity index (χ3n) is 2.19. The van der Waals surface area contributed by atoms with E-state index in [1.54, 1.807) is 6.92 Å². The normalized spacial score (nSPS) is 13.6. The van der Waals surface area contributed by atoms with Crippen LogP contribution in [0.2, 0.25) is 0 Å². The van der Waals surface area contributed by atoms with Gasteiger partial charge in [0.2, 0.25) is 5.91 Å². The molecule has 0 saturated carbocycles. The molecule has 0 spiro atoms. The Morgan fingerprint density at radius 2 is 2.00 bits per heavy atom. The fourth-order valence-electron chi connectivity index (χ4n) is 1.24. The average Bonchev–Trinajstić information content (AvgIpc) is 2.85. The number of primary amides is 1. The van der Waals surface area contributed by atoms with Crippen LogP contribution in [0.15, 0.2) is 12.1 Å². The van der Waals surface area contributed by atoms with Gasteiger partial charge in [0.15, 0.2) is 6.10 Å². The fourth-order valence-corrected chi connectivity index (χ4v) is 2.19. The molecule has 1 heterocycles. The monoisotopic (exact) mass is 287 g/mol. The molecule has 0 radical (unpaired) electrons. The minimum Gasteiger partial charge on any atom is -0.460 e. The number of rotatable bonds is 6. The number of aliphatic hydroxyl groups excluding tert-OH is 2. The molecule has 8 heteroatoms. The fraction of sp³-hybridized carbons (Fsp3) is 0.364. The van der Waals surface area contributed by atoms with Gasteiger partial charge in [0, 0.05) is 4.88 Å². The molecule has 104 valence electrons. The van der Waals surface area contributed by atoms with Crippen molar-refractivity contribution in [1.82, 2.24) is 0 Å². The molecule has 0 aliphatic carbocycles. The highest BCUT2D eigenvalue weighted by Crippen LogP contribution is 2.26. The second-order valence-corrected chi connectivity index (χ2v) is 4.66. The molecule has 7 nitrogen and oxygen atoms in total. The number of nitrogens with two attached hydrogens (primary N) is 1. The smallest absolute Gasteiger partial charge is 0.380 e. The first kappa shape index (κ1) is 15.3. The zero-order chi connectivity index (χ0) is 14.6. The summed E-state index contributed by atoms with van der Waals surface area (Å²) in [6.07, 6.45) is -3.31. The van der Waals surface area contributed by atoms with E-state index in [4.69, 9.17) is 5.73 Å². The van der Waals surface area contributed by atoms with Gasteiger partial charge in [0.1, 0.15) is 6.10 Å². The second kappa shape index (κ2) is 6.41. The molecule has 0 aromatic carbocycles. The molecule has 0 aliphatic heterocycles. The Morgan fingerprint density at radius 3 is 2.53 bits per heavy atom. The van der Waals surface area contributed by atoms with Crippen molar-refractivity contribution in [2.45, 2.75) is 19.1 Å². The van der Waals surface area contributed by atoms with E-state index in [2.05, 4.69) is 4.74 Å². The Bertz CT molecular complexity index is 497. The Morgan fingerprint density at radius 1 is 1.37 bits per heavy atom. The largest absolute Gasteiger partial charge is 0.460 e. The van der Waals surface area contributed by atoms with Gasteiger partial charge >= 0.3 is 5.97 Å². The van der Waals surface area contributed by atoms with Crippen molar-refractivity contribution in [2.75, 3.05) is 6.61 Å². The van der Waals surface area contributed by atoms with Gasteiger partial charge in [-0.05, 0) is 19.1 Å². The molecule has 4 N–H and O–H groups in total. The number of hydrogen-bond donors (Lipinski definition) is 3. The minimum atomic E-state index is -1.77. The number of thiophene rings is 1. The molecular weight excluding hydrogens is 274 g/mol. The maximum absolute atomic E-state index is 11.6. The molecule has 2 unspecified atom stereocenters. The summed E-state index contributed by atoms with van der Waals surface area (Å²) in [4.78, 5) is 33.7. The third-order valence-corrected chi connectivity index (χ3v) is 3.35. The number of ether oxygens (including phenoxy) is 1. The highest BCUT2D eigenvalue weighted by Gasteiger charge is 2.27. The Kier molecular flexibility index (Phi) is 5.16. The first-order chi connectivity index (χ1) is 8.88. The van der Waals surface area contributed by atoms with Gasteiger partial charge in [-0.2, -0.15) is 0 Å². The first-order valence-electron chi connectivity index (χ1n) is 5.35. The van der Waals surface area contributed by atoms with Crippen LogP contribution in [-0.2, 0) is 14.3 Å². The lowest BCUT2D eigenvalue weighted by molar-refractivity contribution is -0.137. The highest BCUT2D eigenvalue weighted by molar-refractivity contribution is 7.14. The first-order valence-corrected chi connectivity index (χ1v) is 6.16. The molecule has 19 heavy (non-hydrogen) atoms. The zero-order valence-electron chi connectivity index (χ0n) is 10.0. The maximum atomic E-state index is 11.6. The van der Waals surface area contributed by atoms with Crippen molar-refractivity contribution >= 4 is 29.0 Å². The quantitative estimate of drug-likeness (QED) is 0.363. The minimum absolute atomic E-state index is 0.0455. The summed E-state index contributed by atoms with van der Waals surface area (Å²) >= 11 is 0.781. The van der Waals surface area contributed by atoms with Crippen molar-refractivity contribution in [3.63, 3.8) is 0 Å². The van der Waals surface area contributed by atoms with Crippen LogP contribution >= 0.6 is 11.3 Å². The summed E-state index contributed by atoms with van der Waals surface area (Å²) in [6, 6.07) is 2.63. The summed E-state index contributed by atoms with van der Waals surface area (Å²) in [5.74, 6) is -2.93. The predicted molar refractivity (Wildman–Crippen MR) is 65.4 cm³/mol. The second-order valence-electron chi connectivity index (χ2n) is 3.54. The van der Waals surface area contributed by atoms with Crippen LogP contribution in [0.25, 0.3) is 0 Å². The van der Waals surface area contributed by atoms with Gasteiger partial charge < -0.3 is 20.7 Å². The number of carbonyl (C=O) groups is 3. The number of aliphatic hydroxyl groups is 2. The van der Waals surface area contributed by atoms with Gasteiger partial charge in [0.05, 0.1) is 11.5 Å². The predicted octanol–water partition coefficient (Wildman–Crippen LogP) is -0.627. The van der Waals surface area contributed by atoms with Crippen LogP contribution < -0.4 is 5.73 Å². The van der Waals surface area contributed by atoms with Crippen LogP contribution in [0.1, 0.15) is 27.6 Å². The molecule has 1 rings (SSSR count). The van der Waals surface area contributed by atoms with Crippen LogP contribution in [0.5, 0.6) is 0 Å². The van der Waals surface area contributed by atoms with Crippen molar-refractivity contribution < 1.29 is 29.3 Å². The standard InChI is InChI=1S/C11H13NO6S/c1-2-18-11(17)8(14)6-4-3-5(19-6)7(13)9(15)10(12)16/h3-4,7,9,13,15H,2H2,1H3,(H2,12,16). The van der Waals surface area contributed by atoms with E-state index in [0.29, 0.717) is 0 Å². The lowest BCUT2D eigenvalue weighted by Crippen LogP contribution is -2.33. The summed E-state index contributed by atoms with van der Waals surface area (Å²) in [6.45, 7) is 1.64. The molecule has 0 bridgehead atoms. The van der Waals surface area contributed by atoms with E-state index in [1.165, 1.54) is 12.1 Å². The molecule has 1 aromatic heterocycles. The molecule has 0 saturated heterocycles. The lowest BCUT2D eigenvalue weighted by atomic mass is 10.1. The van der Waals surface area contributed by atoms with Gasteiger partial charge in [-0.25, -0.2) is 4.79 Å². The van der Waals surface area contributed by atoms with Crippen LogP contribution in [0, 0.1) is 0 Å². The summed E-state index contributed by atoms with van der Waals surface area (Å²) in [5.41, 5.74) is 4.84. The molecule has 0 fully saturated rings. The molecule has 2 atom stereocenters. The number of ketones is 1. The zero-order valence-corrected chi connectivity index (χ0v) is 10.8. The summed E-state index contributed by atoms with van der Waals surface area (Å²) in [5, 5.41) is 18.9. The van der Waals surface area contributed by atoms with Crippen molar-refractivity contribution in [3.8, 4) is 0 Å². The van der Waals surface area contributed by atoms with Gasteiger partial charge in [-0.1, -0.05) is 0 Å². The average molecular weight is 287 g/mol. The Hall–Kier alpha value is -1.77. The van der Waals surface area contributed by atoms with Gasteiger partial charge in [-0.15, -0.1) is 11.3 Å². The number of amides is 1.